The first-order valence-corrected chi connectivity index (χ1v) is 10.8. The molecule has 2 saturated heterocycles. The maximum Gasteiger partial charge on any atom is 0.303 e. The Bertz CT molecular complexity index is 537. The number of carboxylic acids is 1. The van der Waals surface area contributed by atoms with Gasteiger partial charge in [-0.1, -0.05) is 0 Å². The molecule has 2 fully saturated rings. The van der Waals surface area contributed by atoms with Crippen molar-refractivity contribution in [1.82, 2.24) is 25.3 Å². The van der Waals surface area contributed by atoms with E-state index < -0.39 is 5.97 Å². The Morgan fingerprint density at radius 1 is 0.931 bits per heavy atom. The van der Waals surface area contributed by atoms with E-state index in [1.807, 2.05) is 0 Å². The quantitative estimate of drug-likeness (QED) is 0.222. The minimum Gasteiger partial charge on any atom is -0.481 e. The van der Waals surface area contributed by atoms with Crippen molar-refractivity contribution in [2.45, 2.75) is 44.6 Å². The molecule has 166 valence electrons. The van der Waals surface area contributed by atoms with E-state index in [9.17, 15) is 14.4 Å². The van der Waals surface area contributed by atoms with E-state index in [4.69, 9.17) is 5.11 Å². The molecule has 2 rings (SSSR count). The summed E-state index contributed by atoms with van der Waals surface area (Å²) in [4.78, 5) is 41.5. The first-order valence-electron chi connectivity index (χ1n) is 10.8. The van der Waals surface area contributed by atoms with Crippen molar-refractivity contribution in [2.24, 2.45) is 0 Å². The van der Waals surface area contributed by atoms with Gasteiger partial charge in [0.05, 0.1) is 6.54 Å². The minimum atomic E-state index is -0.856. The Labute approximate surface area is 173 Å². The zero-order valence-corrected chi connectivity index (χ0v) is 17.7. The molecule has 0 aromatic carbocycles. The summed E-state index contributed by atoms with van der Waals surface area (Å²) >= 11 is 0. The number of amides is 2. The molecule has 1 unspecified atom stereocenters. The molecule has 2 aliphatic heterocycles. The van der Waals surface area contributed by atoms with Crippen molar-refractivity contribution in [3.63, 3.8) is 0 Å². The first kappa shape index (κ1) is 23.6. The number of nitrogens with one attached hydrogen (secondary N) is 2. The molecule has 3 N–H and O–H groups in total. The lowest BCUT2D eigenvalue weighted by atomic mass is 10.3. The van der Waals surface area contributed by atoms with Crippen molar-refractivity contribution in [3.8, 4) is 0 Å². The van der Waals surface area contributed by atoms with Crippen LogP contribution in [0.1, 0.15) is 38.5 Å². The maximum absolute atomic E-state index is 12.3. The van der Waals surface area contributed by atoms with Gasteiger partial charge >= 0.3 is 5.97 Å². The van der Waals surface area contributed by atoms with E-state index in [-0.39, 0.29) is 18.2 Å². The Balaban J connectivity index is 1.55. The summed E-state index contributed by atoms with van der Waals surface area (Å²) < 4.78 is 0. The lowest BCUT2D eigenvalue weighted by Crippen LogP contribution is -2.50. The second-order valence-electron chi connectivity index (χ2n) is 8.17. The second-order valence-corrected chi connectivity index (χ2v) is 8.17. The topological polar surface area (TPSA) is 105 Å². The molecule has 0 radical (unpaired) electrons. The van der Waals surface area contributed by atoms with Crippen molar-refractivity contribution >= 4 is 17.8 Å². The molecule has 1 atom stereocenters. The van der Waals surface area contributed by atoms with Crippen LogP contribution in [-0.2, 0) is 14.4 Å². The molecular weight excluding hydrogens is 388 g/mol. The van der Waals surface area contributed by atoms with Gasteiger partial charge in [-0.25, -0.2) is 0 Å². The fourth-order valence-corrected chi connectivity index (χ4v) is 3.91. The highest BCUT2D eigenvalue weighted by Gasteiger charge is 2.28. The third kappa shape index (κ3) is 9.56. The van der Waals surface area contributed by atoms with Crippen LogP contribution in [-0.4, -0.2) is 110 Å². The van der Waals surface area contributed by atoms with Crippen LogP contribution >= 0.6 is 0 Å². The van der Waals surface area contributed by atoms with Crippen LogP contribution in [0.4, 0.5) is 0 Å². The molecule has 29 heavy (non-hydrogen) atoms. The Kier molecular flexibility index (Phi) is 10.4. The van der Waals surface area contributed by atoms with Gasteiger partial charge in [0, 0.05) is 64.7 Å². The molecule has 2 aliphatic rings. The number of carboxylic acid groups (broad SMARTS) is 1. The molecule has 0 aliphatic carbocycles. The standard InChI is InChI=1S/C20H37N5O4/c1-23-11-13-24(14-12-23)15-17-5-4-10-25(17)16-19(27)22-8-2-6-18(26)21-9-3-7-20(28)29/h17H,2-16H2,1H3,(H,21,26)(H,22,27)(H,28,29)/i2+1,4+1,5+1,6+1,8+1,10+1,11+1,13+1,15+1,16+1,17+1,18+1,21+1,22+1. The van der Waals surface area contributed by atoms with Crippen LogP contribution < -0.4 is 10.6 Å². The van der Waals surface area contributed by atoms with Gasteiger partial charge in [0.25, 0.3) is 0 Å². The summed E-state index contributed by atoms with van der Waals surface area (Å²) in [5.41, 5.74) is 0. The summed E-state index contributed by atoms with van der Waals surface area (Å²) in [6.45, 7) is 7.74. The highest BCUT2D eigenvalue weighted by atomic mass is 16.4. The minimum absolute atomic E-state index is 0.0251. The molecule has 9 nitrogen and oxygen atoms in total. The average Bonchev–Trinajstić information content (AvgIpc) is 3.10. The van der Waals surface area contributed by atoms with E-state index in [2.05, 4.69) is 32.4 Å². The van der Waals surface area contributed by atoms with E-state index in [0.717, 1.165) is 52.1 Å². The highest BCUT2D eigenvalue weighted by molar-refractivity contribution is 5.78. The highest BCUT2D eigenvalue weighted by Crippen LogP contribution is 2.18. The number of aliphatic carboxylic acids is 1. The Morgan fingerprint density at radius 2 is 1.59 bits per heavy atom. The Morgan fingerprint density at radius 3 is 2.28 bits per heavy atom. The maximum atomic E-state index is 12.3. The molecular formula is C20H37N5O4. The summed E-state index contributed by atoms with van der Waals surface area (Å²) in [5, 5.41) is 14.2. The number of hydrogen-bond acceptors (Lipinski definition) is 6. The second kappa shape index (κ2) is 12.8. The van der Waals surface area contributed by atoms with Gasteiger partial charge in [0.15, 0.2) is 0 Å². The number of likely N-dealkylation sites (N-methyl/N-ethyl adjacent to an activating group) is 1. The monoisotopic (exact) mass is 425 g/mol. The van der Waals surface area contributed by atoms with Crippen LogP contribution in [0.5, 0.6) is 0 Å². The van der Waals surface area contributed by atoms with Crippen molar-refractivity contribution in [1.29, 1.82) is 0 Å². The number of likely N-dealkylation sites (tertiary alicyclic amines) is 1. The number of rotatable bonds is 12. The van der Waals surface area contributed by atoms with Crippen molar-refractivity contribution in [3.05, 3.63) is 0 Å². The smallest absolute Gasteiger partial charge is 0.303 e. The zero-order chi connectivity index (χ0) is 21.1. The zero-order valence-electron chi connectivity index (χ0n) is 17.7. The molecule has 2 amide bonds. The molecule has 0 bridgehead atoms. The summed E-state index contributed by atoms with van der Waals surface area (Å²) in [6.07, 6.45) is 3.71. The summed E-state index contributed by atoms with van der Waals surface area (Å²) in [6, 6.07) is 0.459. The number of piperazine rings is 1. The summed E-state index contributed by atoms with van der Waals surface area (Å²) in [7, 11) is 2.16. The molecule has 0 aromatic rings. The molecule has 0 spiro atoms. The fourth-order valence-electron chi connectivity index (χ4n) is 3.91. The molecule has 0 aromatic heterocycles. The van der Waals surface area contributed by atoms with Gasteiger partial charge in [0.2, 0.25) is 11.8 Å². The van der Waals surface area contributed by atoms with Gasteiger partial charge < -0.3 is 20.6 Å². The van der Waals surface area contributed by atoms with E-state index in [1.54, 1.807) is 0 Å². The van der Waals surface area contributed by atoms with Crippen LogP contribution in [0.3, 0.4) is 0 Å². The van der Waals surface area contributed by atoms with Crippen LogP contribution in [0, 0.1) is 0 Å². The number of hydrogen-bond donors (Lipinski definition) is 3. The lowest BCUT2D eigenvalue weighted by molar-refractivity contribution is -0.137. The van der Waals surface area contributed by atoms with Gasteiger partial charge in [-0.3, -0.25) is 24.2 Å². The third-order valence-electron chi connectivity index (χ3n) is 5.70. The molecule has 9 heteroatoms. The van der Waals surface area contributed by atoms with Crippen LogP contribution in [0.2, 0.25) is 0 Å². The predicted molar refractivity (Wildman–Crippen MR) is 111 cm³/mol. The third-order valence-corrected chi connectivity index (χ3v) is 5.70. The van der Waals surface area contributed by atoms with Gasteiger partial charge in [-0.2, -0.15) is 0 Å². The Hall–Kier alpha value is -1.71. The molecule has 2 heterocycles. The number of nitrogens with zero attached hydrogens (tertiary/aromatic N) is 3. The van der Waals surface area contributed by atoms with Gasteiger partial charge in [-0.05, 0) is 39.3 Å². The number of carbonyl (C=O) groups is 3. The number of carbonyl (C=O) groups excluding carboxylic acids is 2. The van der Waals surface area contributed by atoms with Crippen LogP contribution in [0.15, 0.2) is 0 Å². The largest absolute Gasteiger partial charge is 0.481 e. The summed E-state index contributed by atoms with van der Waals surface area (Å²) in [5.74, 6) is -0.931. The van der Waals surface area contributed by atoms with Crippen molar-refractivity contribution < 1.29 is 19.5 Å². The van der Waals surface area contributed by atoms with Gasteiger partial charge in [-0.15, -0.1) is 0 Å². The average molecular weight is 425 g/mol. The van der Waals surface area contributed by atoms with Gasteiger partial charge in [0.1, 0.15) is 0 Å². The van der Waals surface area contributed by atoms with E-state index in [1.165, 1.54) is 0 Å². The first-order chi connectivity index (χ1) is 13.9. The predicted octanol–water partition coefficient (Wildman–Crippen LogP) is -0.424. The van der Waals surface area contributed by atoms with Crippen molar-refractivity contribution in [2.75, 3.05) is 66.0 Å². The fraction of sp³-hybridized carbons (Fsp3) is 0.850. The van der Waals surface area contributed by atoms with Crippen LogP contribution in [0.25, 0.3) is 0 Å². The lowest BCUT2D eigenvalue weighted by Gasteiger charge is -2.36. The molecule has 0 saturated carbocycles. The van der Waals surface area contributed by atoms with E-state index in [0.29, 0.717) is 44.9 Å². The van der Waals surface area contributed by atoms with E-state index >= 15 is 0 Å². The normalized spacial score (nSPS) is 21.2. The SMILES string of the molecule is CN1CCN([13CH2][13CH]2[13CH2][13CH2][13CH2]N2[13CH2]C(=O)[15NH][13CH2][13CH2][13CH2][13C](=O)[15NH]CCCC(=O)O)[13CH2][13CH2]1.